The summed E-state index contributed by atoms with van der Waals surface area (Å²) in [6.07, 6.45) is 3.94. The summed E-state index contributed by atoms with van der Waals surface area (Å²) >= 11 is 0. The zero-order valence-electron chi connectivity index (χ0n) is 8.83. The number of aryl methyl sites for hydroxylation is 2. The molecule has 1 unspecified atom stereocenters. The van der Waals surface area contributed by atoms with Crippen molar-refractivity contribution in [1.29, 1.82) is 0 Å². The van der Waals surface area contributed by atoms with Crippen LogP contribution in [0.5, 0.6) is 0 Å². The lowest BCUT2D eigenvalue weighted by molar-refractivity contribution is 0.581. The summed E-state index contributed by atoms with van der Waals surface area (Å²) in [7, 11) is 3.74. The fourth-order valence-electron chi connectivity index (χ4n) is 1.55. The van der Waals surface area contributed by atoms with Gasteiger partial charge < -0.3 is 5.73 Å². The number of aromatic nitrogens is 5. The minimum Gasteiger partial charge on any atom is -0.322 e. The maximum Gasteiger partial charge on any atom is 0.138 e. The zero-order chi connectivity index (χ0) is 10.8. The first-order valence-electron chi connectivity index (χ1n) is 4.75. The van der Waals surface area contributed by atoms with Crippen LogP contribution in [0.3, 0.4) is 0 Å². The third-order valence-corrected chi connectivity index (χ3v) is 2.45. The van der Waals surface area contributed by atoms with Crippen molar-refractivity contribution in [1.82, 2.24) is 24.5 Å². The van der Waals surface area contributed by atoms with E-state index >= 15 is 0 Å². The maximum absolute atomic E-state index is 6.06. The van der Waals surface area contributed by atoms with Gasteiger partial charge in [-0.05, 0) is 6.07 Å². The second-order valence-electron chi connectivity index (χ2n) is 3.49. The molecule has 2 heterocycles. The summed E-state index contributed by atoms with van der Waals surface area (Å²) in [6, 6.07) is 1.82. The minimum atomic E-state index is -0.0969. The molecular formula is C9H14N6. The number of nitrogens with zero attached hydrogens (tertiary/aromatic N) is 5. The van der Waals surface area contributed by atoms with Crippen molar-refractivity contribution < 1.29 is 0 Å². The number of rotatable bonds is 3. The molecule has 2 aromatic heterocycles. The normalized spacial score (nSPS) is 13.0. The molecule has 0 saturated carbocycles. The molecular weight excluding hydrogens is 192 g/mol. The standard InChI is InChI=1S/C9H14N6/c1-14-8(3-4-12-14)7(10)5-9-11-6-13-15(9)2/h3-4,6-7H,5,10H2,1-2H3. The average Bonchev–Trinajstić information content (AvgIpc) is 2.76. The van der Waals surface area contributed by atoms with Crippen LogP contribution in [-0.2, 0) is 20.5 Å². The van der Waals surface area contributed by atoms with Gasteiger partial charge in [0.1, 0.15) is 12.2 Å². The van der Waals surface area contributed by atoms with E-state index in [1.165, 1.54) is 6.33 Å². The van der Waals surface area contributed by atoms with Gasteiger partial charge in [0.25, 0.3) is 0 Å². The third-order valence-electron chi connectivity index (χ3n) is 2.45. The van der Waals surface area contributed by atoms with Gasteiger partial charge in [0.15, 0.2) is 0 Å². The summed E-state index contributed by atoms with van der Waals surface area (Å²) < 4.78 is 3.51. The first-order valence-corrected chi connectivity index (χ1v) is 4.75. The van der Waals surface area contributed by atoms with Gasteiger partial charge in [0.05, 0.1) is 11.7 Å². The van der Waals surface area contributed by atoms with Crippen LogP contribution in [0, 0.1) is 0 Å². The van der Waals surface area contributed by atoms with Crippen LogP contribution in [0.25, 0.3) is 0 Å². The molecule has 6 nitrogen and oxygen atoms in total. The number of nitrogens with two attached hydrogens (primary N) is 1. The second-order valence-corrected chi connectivity index (χ2v) is 3.49. The monoisotopic (exact) mass is 206 g/mol. The fourth-order valence-corrected chi connectivity index (χ4v) is 1.55. The summed E-state index contributed by atoms with van der Waals surface area (Å²) in [4.78, 5) is 4.14. The highest BCUT2D eigenvalue weighted by Gasteiger charge is 2.13. The highest BCUT2D eigenvalue weighted by atomic mass is 15.3. The van der Waals surface area contributed by atoms with E-state index in [1.54, 1.807) is 15.6 Å². The fraction of sp³-hybridized carbons (Fsp3) is 0.444. The maximum atomic E-state index is 6.06. The summed E-state index contributed by atoms with van der Waals surface area (Å²) in [6.45, 7) is 0. The van der Waals surface area contributed by atoms with E-state index in [0.29, 0.717) is 6.42 Å². The molecule has 2 aromatic rings. The molecule has 6 heteroatoms. The van der Waals surface area contributed by atoms with Crippen LogP contribution in [0.1, 0.15) is 17.6 Å². The van der Waals surface area contributed by atoms with E-state index in [2.05, 4.69) is 15.2 Å². The lowest BCUT2D eigenvalue weighted by Crippen LogP contribution is -2.19. The molecule has 0 aliphatic heterocycles. The molecule has 0 fully saturated rings. The molecule has 15 heavy (non-hydrogen) atoms. The van der Waals surface area contributed by atoms with Crippen LogP contribution in [-0.4, -0.2) is 24.5 Å². The van der Waals surface area contributed by atoms with Crippen LogP contribution >= 0.6 is 0 Å². The quantitative estimate of drug-likeness (QED) is 0.754. The summed E-state index contributed by atoms with van der Waals surface area (Å²) in [5.41, 5.74) is 7.06. The Morgan fingerprint density at radius 1 is 1.33 bits per heavy atom. The minimum absolute atomic E-state index is 0.0969. The first kappa shape index (κ1) is 9.85. The van der Waals surface area contributed by atoms with Gasteiger partial charge in [-0.3, -0.25) is 9.36 Å². The predicted octanol–water partition coefficient (Wildman–Crippen LogP) is -0.209. The van der Waals surface area contributed by atoms with E-state index in [1.807, 2.05) is 20.2 Å². The molecule has 0 bridgehead atoms. The van der Waals surface area contributed by atoms with Crippen LogP contribution in [0.2, 0.25) is 0 Å². The Morgan fingerprint density at radius 2 is 2.13 bits per heavy atom. The van der Waals surface area contributed by atoms with E-state index in [9.17, 15) is 0 Å². The average molecular weight is 206 g/mol. The Labute approximate surface area is 87.7 Å². The lowest BCUT2D eigenvalue weighted by atomic mass is 10.1. The molecule has 0 aliphatic rings. The molecule has 0 aromatic carbocycles. The molecule has 80 valence electrons. The second kappa shape index (κ2) is 3.82. The van der Waals surface area contributed by atoms with Crippen molar-refractivity contribution in [2.75, 3.05) is 0 Å². The Morgan fingerprint density at radius 3 is 2.67 bits per heavy atom. The Bertz CT molecular complexity index is 443. The smallest absolute Gasteiger partial charge is 0.138 e. The van der Waals surface area contributed by atoms with Crippen molar-refractivity contribution >= 4 is 0 Å². The SMILES string of the molecule is Cn1nccc1C(N)Cc1ncnn1C. The Hall–Kier alpha value is -1.69. The van der Waals surface area contributed by atoms with Crippen molar-refractivity contribution in [3.8, 4) is 0 Å². The van der Waals surface area contributed by atoms with E-state index in [-0.39, 0.29) is 6.04 Å². The Kier molecular flexibility index (Phi) is 2.51. The molecule has 0 radical (unpaired) electrons. The van der Waals surface area contributed by atoms with Gasteiger partial charge >= 0.3 is 0 Å². The van der Waals surface area contributed by atoms with Crippen molar-refractivity contribution in [2.45, 2.75) is 12.5 Å². The number of hydrogen-bond donors (Lipinski definition) is 1. The zero-order valence-corrected chi connectivity index (χ0v) is 8.83. The lowest BCUT2D eigenvalue weighted by Gasteiger charge is -2.10. The molecule has 0 aliphatic carbocycles. The van der Waals surface area contributed by atoms with Crippen molar-refractivity contribution in [2.24, 2.45) is 19.8 Å². The number of hydrogen-bond acceptors (Lipinski definition) is 4. The van der Waals surface area contributed by atoms with E-state index in [4.69, 9.17) is 5.73 Å². The van der Waals surface area contributed by atoms with Gasteiger partial charge in [-0.25, -0.2) is 4.98 Å². The van der Waals surface area contributed by atoms with Crippen LogP contribution < -0.4 is 5.73 Å². The highest BCUT2D eigenvalue weighted by molar-refractivity contribution is 5.08. The molecule has 2 rings (SSSR count). The van der Waals surface area contributed by atoms with Gasteiger partial charge in [-0.1, -0.05) is 0 Å². The van der Waals surface area contributed by atoms with E-state index < -0.39 is 0 Å². The molecule has 2 N–H and O–H groups in total. The predicted molar refractivity (Wildman–Crippen MR) is 54.8 cm³/mol. The van der Waals surface area contributed by atoms with Gasteiger partial charge in [0, 0.05) is 26.7 Å². The summed E-state index contributed by atoms with van der Waals surface area (Å²) in [5, 5.41) is 8.08. The van der Waals surface area contributed by atoms with Gasteiger partial charge in [-0.2, -0.15) is 10.2 Å². The van der Waals surface area contributed by atoms with Crippen molar-refractivity contribution in [3.05, 3.63) is 30.1 Å². The van der Waals surface area contributed by atoms with Gasteiger partial charge in [-0.15, -0.1) is 0 Å². The van der Waals surface area contributed by atoms with Crippen LogP contribution in [0.4, 0.5) is 0 Å². The molecule has 0 spiro atoms. The van der Waals surface area contributed by atoms with E-state index in [0.717, 1.165) is 11.5 Å². The van der Waals surface area contributed by atoms with Crippen molar-refractivity contribution in [3.63, 3.8) is 0 Å². The van der Waals surface area contributed by atoms with Gasteiger partial charge in [0.2, 0.25) is 0 Å². The largest absolute Gasteiger partial charge is 0.322 e. The molecule has 0 saturated heterocycles. The topological polar surface area (TPSA) is 74.6 Å². The Balaban J connectivity index is 2.14. The highest BCUT2D eigenvalue weighted by Crippen LogP contribution is 2.12. The third kappa shape index (κ3) is 1.89. The first-order chi connectivity index (χ1) is 7.18. The van der Waals surface area contributed by atoms with Crippen LogP contribution in [0.15, 0.2) is 18.6 Å². The summed E-state index contributed by atoms with van der Waals surface area (Å²) in [5.74, 6) is 0.878. The molecule has 0 amide bonds. The molecule has 1 atom stereocenters.